The van der Waals surface area contributed by atoms with Gasteiger partial charge in [0.15, 0.2) is 5.76 Å². The van der Waals surface area contributed by atoms with E-state index >= 15 is 0 Å². The minimum atomic E-state index is -0.217. The topological polar surface area (TPSA) is 73.0 Å². The maximum Gasteiger partial charge on any atom is 0.270 e. The molecule has 0 aliphatic heterocycles. The summed E-state index contributed by atoms with van der Waals surface area (Å²) in [6, 6.07) is 17.0. The molecule has 0 aliphatic carbocycles. The summed E-state index contributed by atoms with van der Waals surface area (Å²) in [5.74, 6) is 0.397. The second-order valence-electron chi connectivity index (χ2n) is 6.19. The highest BCUT2D eigenvalue weighted by Crippen LogP contribution is 2.22. The fraction of sp³-hybridized carbons (Fsp3) is 0.0952. The van der Waals surface area contributed by atoms with Crippen molar-refractivity contribution in [2.45, 2.75) is 13.5 Å². The van der Waals surface area contributed by atoms with Crippen molar-refractivity contribution < 1.29 is 9.21 Å². The lowest BCUT2D eigenvalue weighted by atomic mass is 10.2. The van der Waals surface area contributed by atoms with Gasteiger partial charge in [-0.25, -0.2) is 4.68 Å². The molecule has 3 aromatic heterocycles. The first-order valence-corrected chi connectivity index (χ1v) is 8.59. The van der Waals surface area contributed by atoms with Crippen molar-refractivity contribution in [1.29, 1.82) is 0 Å². The summed E-state index contributed by atoms with van der Waals surface area (Å²) >= 11 is 0. The number of aryl methyl sites for hydroxylation is 1. The maximum atomic E-state index is 12.9. The standard InChI is InChI=1S/C21H18N4O2/c1-15-5-2-7-17(11-15)25-19(12-18(24-25)20-8-4-10-27-20)21(26)23-14-16-6-3-9-22-13-16/h2-13H,14H2,1H3,(H,23,26). The van der Waals surface area contributed by atoms with E-state index in [4.69, 9.17) is 4.42 Å². The SMILES string of the molecule is Cc1cccc(-n2nc(-c3ccco3)cc2C(=O)NCc2cccnc2)c1. The van der Waals surface area contributed by atoms with Crippen LogP contribution in [0.5, 0.6) is 0 Å². The predicted octanol–water partition coefficient (Wildman–Crippen LogP) is 3.77. The average molecular weight is 358 g/mol. The van der Waals surface area contributed by atoms with Gasteiger partial charge in [0.25, 0.3) is 5.91 Å². The van der Waals surface area contributed by atoms with Gasteiger partial charge in [-0.05, 0) is 48.4 Å². The molecule has 134 valence electrons. The molecule has 0 bridgehead atoms. The Labute approximate surface area is 156 Å². The first kappa shape index (κ1) is 16.8. The molecule has 4 rings (SSSR count). The van der Waals surface area contributed by atoms with E-state index in [9.17, 15) is 4.79 Å². The predicted molar refractivity (Wildman–Crippen MR) is 101 cm³/mol. The van der Waals surface area contributed by atoms with Crippen LogP contribution >= 0.6 is 0 Å². The van der Waals surface area contributed by atoms with Crippen molar-refractivity contribution >= 4 is 5.91 Å². The Morgan fingerprint density at radius 3 is 2.81 bits per heavy atom. The Hall–Kier alpha value is -3.67. The van der Waals surface area contributed by atoms with Crippen LogP contribution in [0.2, 0.25) is 0 Å². The summed E-state index contributed by atoms with van der Waals surface area (Å²) < 4.78 is 7.08. The fourth-order valence-electron chi connectivity index (χ4n) is 2.82. The van der Waals surface area contributed by atoms with Crippen LogP contribution in [0.1, 0.15) is 21.6 Å². The number of hydrogen-bond acceptors (Lipinski definition) is 4. The summed E-state index contributed by atoms with van der Waals surface area (Å²) in [6.07, 6.45) is 5.02. The van der Waals surface area contributed by atoms with Crippen LogP contribution in [0.15, 0.2) is 77.7 Å². The molecule has 6 nitrogen and oxygen atoms in total. The van der Waals surface area contributed by atoms with Crippen LogP contribution in [-0.4, -0.2) is 20.7 Å². The molecule has 3 heterocycles. The van der Waals surface area contributed by atoms with Gasteiger partial charge in [0, 0.05) is 25.0 Å². The van der Waals surface area contributed by atoms with Crippen LogP contribution < -0.4 is 5.32 Å². The van der Waals surface area contributed by atoms with E-state index in [1.807, 2.05) is 49.4 Å². The third-order valence-electron chi connectivity index (χ3n) is 4.14. The Morgan fingerprint density at radius 2 is 2.07 bits per heavy atom. The molecular weight excluding hydrogens is 340 g/mol. The number of furan rings is 1. The number of carbonyl (C=O) groups excluding carboxylic acids is 1. The van der Waals surface area contributed by atoms with Crippen molar-refractivity contribution in [3.63, 3.8) is 0 Å². The summed E-state index contributed by atoms with van der Waals surface area (Å²) in [5, 5.41) is 7.52. The van der Waals surface area contributed by atoms with Crippen LogP contribution in [0, 0.1) is 6.92 Å². The number of amides is 1. The van der Waals surface area contributed by atoms with Gasteiger partial charge in [-0.2, -0.15) is 5.10 Å². The summed E-state index contributed by atoms with van der Waals surface area (Å²) in [5.41, 5.74) is 3.88. The largest absolute Gasteiger partial charge is 0.463 e. The quantitative estimate of drug-likeness (QED) is 0.589. The Morgan fingerprint density at radius 1 is 1.15 bits per heavy atom. The normalized spacial score (nSPS) is 10.7. The number of rotatable bonds is 5. The maximum absolute atomic E-state index is 12.9. The minimum Gasteiger partial charge on any atom is -0.463 e. The lowest BCUT2D eigenvalue weighted by Gasteiger charge is -2.09. The van der Waals surface area contributed by atoms with E-state index in [2.05, 4.69) is 15.4 Å². The summed E-state index contributed by atoms with van der Waals surface area (Å²) in [6.45, 7) is 2.39. The van der Waals surface area contributed by atoms with E-state index in [0.717, 1.165) is 16.8 Å². The molecule has 1 N–H and O–H groups in total. The molecule has 0 saturated carbocycles. The summed E-state index contributed by atoms with van der Waals surface area (Å²) in [4.78, 5) is 16.9. The molecule has 27 heavy (non-hydrogen) atoms. The zero-order valence-electron chi connectivity index (χ0n) is 14.8. The molecule has 1 aromatic carbocycles. The first-order chi connectivity index (χ1) is 13.2. The van der Waals surface area contributed by atoms with Gasteiger partial charge in [-0.3, -0.25) is 9.78 Å². The lowest BCUT2D eigenvalue weighted by Crippen LogP contribution is -2.25. The molecule has 0 atom stereocenters. The number of pyridine rings is 1. The third kappa shape index (κ3) is 3.64. The van der Waals surface area contributed by atoms with Crippen molar-refractivity contribution in [1.82, 2.24) is 20.1 Å². The van der Waals surface area contributed by atoms with Gasteiger partial charge in [-0.1, -0.05) is 18.2 Å². The van der Waals surface area contributed by atoms with E-state index < -0.39 is 0 Å². The molecule has 6 heteroatoms. The number of aromatic nitrogens is 3. The van der Waals surface area contributed by atoms with Crippen LogP contribution in [0.25, 0.3) is 17.1 Å². The minimum absolute atomic E-state index is 0.217. The van der Waals surface area contributed by atoms with Gasteiger partial charge in [-0.15, -0.1) is 0 Å². The molecule has 0 fully saturated rings. The highest BCUT2D eigenvalue weighted by Gasteiger charge is 2.18. The van der Waals surface area contributed by atoms with Crippen molar-refractivity contribution in [3.8, 4) is 17.1 Å². The molecule has 4 aromatic rings. The third-order valence-corrected chi connectivity index (χ3v) is 4.14. The number of hydrogen-bond donors (Lipinski definition) is 1. The zero-order chi connectivity index (χ0) is 18.6. The van der Waals surface area contributed by atoms with E-state index in [1.165, 1.54) is 0 Å². The van der Waals surface area contributed by atoms with E-state index in [-0.39, 0.29) is 5.91 Å². The van der Waals surface area contributed by atoms with E-state index in [0.29, 0.717) is 23.7 Å². The Bertz CT molecular complexity index is 1050. The molecule has 0 saturated heterocycles. The molecular formula is C21H18N4O2. The Balaban J connectivity index is 1.68. The van der Waals surface area contributed by atoms with Gasteiger partial charge in [0.2, 0.25) is 0 Å². The fourth-order valence-corrected chi connectivity index (χ4v) is 2.82. The number of carbonyl (C=O) groups is 1. The highest BCUT2D eigenvalue weighted by atomic mass is 16.3. The van der Waals surface area contributed by atoms with Crippen molar-refractivity contribution in [2.24, 2.45) is 0 Å². The average Bonchev–Trinajstić information content (AvgIpc) is 3.36. The van der Waals surface area contributed by atoms with E-state index in [1.54, 1.807) is 35.5 Å². The smallest absolute Gasteiger partial charge is 0.270 e. The van der Waals surface area contributed by atoms with Crippen LogP contribution in [0.4, 0.5) is 0 Å². The number of benzene rings is 1. The van der Waals surface area contributed by atoms with Crippen molar-refractivity contribution in [3.05, 3.63) is 90.1 Å². The van der Waals surface area contributed by atoms with Gasteiger partial charge < -0.3 is 9.73 Å². The second kappa shape index (κ2) is 7.29. The Kier molecular flexibility index (Phi) is 4.53. The molecule has 0 radical (unpaired) electrons. The lowest BCUT2D eigenvalue weighted by molar-refractivity contribution is 0.0943. The number of nitrogens with zero attached hydrogens (tertiary/aromatic N) is 3. The highest BCUT2D eigenvalue weighted by molar-refractivity contribution is 5.94. The number of nitrogens with one attached hydrogen (secondary N) is 1. The zero-order valence-corrected chi connectivity index (χ0v) is 14.8. The van der Waals surface area contributed by atoms with Crippen LogP contribution in [0.3, 0.4) is 0 Å². The van der Waals surface area contributed by atoms with Gasteiger partial charge >= 0.3 is 0 Å². The monoisotopic (exact) mass is 358 g/mol. The first-order valence-electron chi connectivity index (χ1n) is 8.59. The van der Waals surface area contributed by atoms with Gasteiger partial charge in [0.1, 0.15) is 11.4 Å². The summed E-state index contributed by atoms with van der Waals surface area (Å²) in [7, 11) is 0. The second-order valence-corrected chi connectivity index (χ2v) is 6.19. The van der Waals surface area contributed by atoms with Crippen LogP contribution in [-0.2, 0) is 6.54 Å². The molecule has 1 amide bonds. The molecule has 0 aliphatic rings. The van der Waals surface area contributed by atoms with Crippen molar-refractivity contribution in [2.75, 3.05) is 0 Å². The molecule has 0 unspecified atom stereocenters. The van der Waals surface area contributed by atoms with Gasteiger partial charge in [0.05, 0.1) is 12.0 Å². The molecule has 0 spiro atoms.